The van der Waals surface area contributed by atoms with Gasteiger partial charge in [0.05, 0.1) is 0 Å². The van der Waals surface area contributed by atoms with Gasteiger partial charge in [0, 0.05) is 13.1 Å². The number of ether oxygens (including phenoxy) is 1. The van der Waals surface area contributed by atoms with E-state index in [9.17, 15) is 4.79 Å². The van der Waals surface area contributed by atoms with E-state index in [0.29, 0.717) is 11.8 Å². The van der Waals surface area contributed by atoms with Crippen molar-refractivity contribution >= 4 is 5.91 Å². The molecule has 0 heterocycles. The number of nitrogens with zero attached hydrogens (tertiary/aromatic N) is 1. The first-order valence-electron chi connectivity index (χ1n) is 7.40. The molecule has 1 atom stereocenters. The van der Waals surface area contributed by atoms with Gasteiger partial charge in [-0.1, -0.05) is 45.9 Å². The van der Waals surface area contributed by atoms with E-state index in [2.05, 4.69) is 27.7 Å². The third-order valence-corrected chi connectivity index (χ3v) is 2.89. The summed E-state index contributed by atoms with van der Waals surface area (Å²) in [4.78, 5) is 14.4. The fraction of sp³-hybridized carbons (Fsp3) is 0.588. The molecule has 3 heteroatoms. The average molecular weight is 277 g/mol. The molecular weight excluding hydrogens is 250 g/mol. The minimum atomic E-state index is -0.449. The molecule has 3 nitrogen and oxygen atoms in total. The van der Waals surface area contributed by atoms with Gasteiger partial charge in [0.25, 0.3) is 5.91 Å². The third-order valence-electron chi connectivity index (χ3n) is 2.89. The summed E-state index contributed by atoms with van der Waals surface area (Å²) in [6.45, 7) is 11.9. The second-order valence-electron chi connectivity index (χ2n) is 6.10. The van der Waals surface area contributed by atoms with E-state index >= 15 is 0 Å². The fourth-order valence-corrected chi connectivity index (χ4v) is 2.15. The van der Waals surface area contributed by atoms with E-state index in [0.717, 1.165) is 18.8 Å². The molecule has 0 aliphatic heterocycles. The van der Waals surface area contributed by atoms with Crippen LogP contribution < -0.4 is 4.74 Å². The van der Waals surface area contributed by atoms with Crippen molar-refractivity contribution in [1.29, 1.82) is 0 Å². The summed E-state index contributed by atoms with van der Waals surface area (Å²) in [6, 6.07) is 9.50. The quantitative estimate of drug-likeness (QED) is 0.762. The average Bonchev–Trinajstić information content (AvgIpc) is 2.37. The number of hydrogen-bond acceptors (Lipinski definition) is 2. The standard InChI is InChI=1S/C17H27NO2/c1-13(2)11-18(12-14(3)4)17(19)15(5)20-16-9-7-6-8-10-16/h6-10,13-15H,11-12H2,1-5H3/t15-/m0/s1. The molecule has 0 aliphatic rings. The van der Waals surface area contributed by atoms with Crippen LogP contribution in [0.1, 0.15) is 34.6 Å². The molecule has 0 saturated carbocycles. The Morgan fingerprint density at radius 3 is 1.95 bits per heavy atom. The number of hydrogen-bond donors (Lipinski definition) is 0. The van der Waals surface area contributed by atoms with Crippen molar-refractivity contribution in [2.24, 2.45) is 11.8 Å². The van der Waals surface area contributed by atoms with Crippen LogP contribution >= 0.6 is 0 Å². The molecule has 1 aromatic rings. The largest absolute Gasteiger partial charge is 0.481 e. The lowest BCUT2D eigenvalue weighted by Crippen LogP contribution is -2.44. The summed E-state index contributed by atoms with van der Waals surface area (Å²) >= 11 is 0. The third kappa shape index (κ3) is 5.64. The van der Waals surface area contributed by atoms with Gasteiger partial charge in [-0.25, -0.2) is 0 Å². The fourth-order valence-electron chi connectivity index (χ4n) is 2.15. The summed E-state index contributed by atoms with van der Waals surface area (Å²) in [6.07, 6.45) is -0.449. The van der Waals surface area contributed by atoms with Crippen LogP contribution in [0.25, 0.3) is 0 Å². The lowest BCUT2D eigenvalue weighted by molar-refractivity contribution is -0.139. The SMILES string of the molecule is CC(C)CN(CC(C)C)C(=O)[C@H](C)Oc1ccccc1. The Bertz CT molecular complexity index is 391. The van der Waals surface area contributed by atoms with E-state index in [1.807, 2.05) is 42.2 Å². The summed E-state index contributed by atoms with van der Waals surface area (Å²) in [5.74, 6) is 1.72. The second kappa shape index (κ2) is 7.93. The van der Waals surface area contributed by atoms with Gasteiger partial charge >= 0.3 is 0 Å². The molecule has 0 aromatic heterocycles. The Morgan fingerprint density at radius 2 is 1.50 bits per heavy atom. The Kier molecular flexibility index (Phi) is 6.56. The first-order valence-corrected chi connectivity index (χ1v) is 7.40. The van der Waals surface area contributed by atoms with Crippen LogP contribution in [0.5, 0.6) is 5.75 Å². The molecule has 0 aliphatic carbocycles. The van der Waals surface area contributed by atoms with Crippen molar-refractivity contribution in [3.8, 4) is 5.75 Å². The highest BCUT2D eigenvalue weighted by atomic mass is 16.5. The van der Waals surface area contributed by atoms with Gasteiger partial charge in [0.1, 0.15) is 5.75 Å². The Labute approximate surface area is 122 Å². The molecule has 0 radical (unpaired) electrons. The van der Waals surface area contributed by atoms with Crippen molar-refractivity contribution < 1.29 is 9.53 Å². The predicted molar refractivity (Wildman–Crippen MR) is 82.8 cm³/mol. The normalized spacial score (nSPS) is 12.6. The van der Waals surface area contributed by atoms with Crippen LogP contribution in [0.4, 0.5) is 0 Å². The number of carbonyl (C=O) groups excluding carboxylic acids is 1. The maximum absolute atomic E-state index is 12.5. The van der Waals surface area contributed by atoms with Crippen LogP contribution in [0.3, 0.4) is 0 Å². The van der Waals surface area contributed by atoms with Crippen molar-refractivity contribution in [3.63, 3.8) is 0 Å². The van der Waals surface area contributed by atoms with E-state index in [4.69, 9.17) is 4.74 Å². The second-order valence-corrected chi connectivity index (χ2v) is 6.10. The van der Waals surface area contributed by atoms with Crippen LogP contribution in [0, 0.1) is 11.8 Å². The van der Waals surface area contributed by atoms with Crippen LogP contribution in [0.2, 0.25) is 0 Å². The lowest BCUT2D eigenvalue weighted by atomic mass is 10.1. The van der Waals surface area contributed by atoms with Gasteiger partial charge < -0.3 is 9.64 Å². The molecule has 112 valence electrons. The summed E-state index contributed by atoms with van der Waals surface area (Å²) in [5.41, 5.74) is 0. The van der Waals surface area contributed by atoms with Crippen LogP contribution in [-0.4, -0.2) is 30.0 Å². The number of benzene rings is 1. The monoisotopic (exact) mass is 277 g/mol. The van der Waals surface area contributed by atoms with Gasteiger partial charge in [0.2, 0.25) is 0 Å². The first-order chi connectivity index (χ1) is 9.40. The number of para-hydroxylation sites is 1. The van der Waals surface area contributed by atoms with Crippen molar-refractivity contribution in [2.75, 3.05) is 13.1 Å². The van der Waals surface area contributed by atoms with Gasteiger partial charge in [0.15, 0.2) is 6.10 Å². The smallest absolute Gasteiger partial charge is 0.263 e. The van der Waals surface area contributed by atoms with Crippen molar-refractivity contribution in [2.45, 2.75) is 40.7 Å². The zero-order valence-corrected chi connectivity index (χ0v) is 13.3. The zero-order valence-electron chi connectivity index (χ0n) is 13.3. The maximum atomic E-state index is 12.5. The molecule has 0 unspecified atom stereocenters. The summed E-state index contributed by atoms with van der Waals surface area (Å²) in [7, 11) is 0. The number of amides is 1. The molecule has 0 fully saturated rings. The zero-order chi connectivity index (χ0) is 15.1. The van der Waals surface area contributed by atoms with E-state index in [1.165, 1.54) is 0 Å². The van der Waals surface area contributed by atoms with Gasteiger partial charge in [-0.15, -0.1) is 0 Å². The first kappa shape index (κ1) is 16.5. The van der Waals surface area contributed by atoms with Crippen molar-refractivity contribution in [3.05, 3.63) is 30.3 Å². The Morgan fingerprint density at radius 1 is 1.00 bits per heavy atom. The highest BCUT2D eigenvalue weighted by Crippen LogP contribution is 2.13. The molecule has 20 heavy (non-hydrogen) atoms. The Hall–Kier alpha value is -1.51. The van der Waals surface area contributed by atoms with Gasteiger partial charge in [-0.05, 0) is 30.9 Å². The molecule has 0 bridgehead atoms. The topological polar surface area (TPSA) is 29.5 Å². The summed E-state index contributed by atoms with van der Waals surface area (Å²) < 4.78 is 5.73. The van der Waals surface area contributed by atoms with Gasteiger partial charge in [-0.2, -0.15) is 0 Å². The molecule has 1 amide bonds. The van der Waals surface area contributed by atoms with Crippen molar-refractivity contribution in [1.82, 2.24) is 4.90 Å². The summed E-state index contributed by atoms with van der Waals surface area (Å²) in [5, 5.41) is 0. The minimum Gasteiger partial charge on any atom is -0.481 e. The highest BCUT2D eigenvalue weighted by Gasteiger charge is 2.23. The van der Waals surface area contributed by atoms with E-state index in [-0.39, 0.29) is 5.91 Å². The highest BCUT2D eigenvalue weighted by molar-refractivity contribution is 5.80. The lowest BCUT2D eigenvalue weighted by Gasteiger charge is -2.29. The molecule has 0 saturated heterocycles. The molecular formula is C17H27NO2. The van der Waals surface area contributed by atoms with Gasteiger partial charge in [-0.3, -0.25) is 4.79 Å². The van der Waals surface area contributed by atoms with E-state index < -0.39 is 6.10 Å². The minimum absolute atomic E-state index is 0.0660. The van der Waals surface area contributed by atoms with E-state index in [1.54, 1.807) is 0 Å². The molecule has 1 aromatic carbocycles. The molecule has 0 spiro atoms. The number of rotatable bonds is 7. The molecule has 0 N–H and O–H groups in total. The van der Waals surface area contributed by atoms with Crippen LogP contribution in [-0.2, 0) is 4.79 Å². The Balaban J connectivity index is 2.67. The van der Waals surface area contributed by atoms with Crippen LogP contribution in [0.15, 0.2) is 30.3 Å². The predicted octanol–water partition coefficient (Wildman–Crippen LogP) is 3.59. The maximum Gasteiger partial charge on any atom is 0.263 e. The molecule has 1 rings (SSSR count). The number of carbonyl (C=O) groups is 1.